The number of hydrogen-bond acceptors (Lipinski definition) is 4. The second kappa shape index (κ2) is 8.08. The third-order valence-electron chi connectivity index (χ3n) is 5.27. The summed E-state index contributed by atoms with van der Waals surface area (Å²) in [5.74, 6) is -2.11. The fourth-order valence-electron chi connectivity index (χ4n) is 3.83. The van der Waals surface area contributed by atoms with Crippen LogP contribution in [0.2, 0.25) is 0 Å². The smallest absolute Gasteiger partial charge is 0.295 e. The summed E-state index contributed by atoms with van der Waals surface area (Å²) in [4.78, 5) is 27.2. The summed E-state index contributed by atoms with van der Waals surface area (Å²) in [6, 6.07) is 11.6. The van der Waals surface area contributed by atoms with E-state index >= 15 is 0 Å². The van der Waals surface area contributed by atoms with Gasteiger partial charge in [0, 0.05) is 23.2 Å². The molecular weight excluding hydrogens is 441 g/mol. The van der Waals surface area contributed by atoms with Gasteiger partial charge in [0.25, 0.3) is 11.7 Å². The number of aliphatic hydroxyl groups excluding tert-OH is 1. The van der Waals surface area contributed by atoms with Gasteiger partial charge in [-0.2, -0.15) is 0 Å². The van der Waals surface area contributed by atoms with Crippen LogP contribution in [0.25, 0.3) is 5.76 Å². The van der Waals surface area contributed by atoms with Crippen molar-refractivity contribution in [3.63, 3.8) is 0 Å². The highest BCUT2D eigenvalue weighted by Crippen LogP contribution is 2.40. The minimum absolute atomic E-state index is 0.00178. The molecule has 0 saturated carbocycles. The van der Waals surface area contributed by atoms with Crippen molar-refractivity contribution in [1.29, 1.82) is 0 Å². The number of likely N-dealkylation sites (tertiary alicyclic amines) is 1. The molecule has 4 rings (SSSR count). The summed E-state index contributed by atoms with van der Waals surface area (Å²) >= 11 is 3.34. The predicted molar refractivity (Wildman–Crippen MR) is 109 cm³/mol. The topological polar surface area (TPSA) is 66.8 Å². The van der Waals surface area contributed by atoms with Crippen LogP contribution in [-0.2, 0) is 14.3 Å². The van der Waals surface area contributed by atoms with Gasteiger partial charge in [-0.15, -0.1) is 0 Å². The molecule has 1 N–H and O–H groups in total. The molecule has 0 bridgehead atoms. The largest absolute Gasteiger partial charge is 0.507 e. The van der Waals surface area contributed by atoms with E-state index in [1.54, 1.807) is 24.3 Å². The van der Waals surface area contributed by atoms with Gasteiger partial charge >= 0.3 is 0 Å². The molecule has 2 aliphatic rings. The van der Waals surface area contributed by atoms with Crippen molar-refractivity contribution < 1.29 is 23.8 Å². The molecule has 7 heteroatoms. The normalized spacial score (nSPS) is 23.7. The van der Waals surface area contributed by atoms with Crippen molar-refractivity contribution in [2.24, 2.45) is 0 Å². The summed E-state index contributed by atoms with van der Waals surface area (Å²) in [7, 11) is 0. The lowest BCUT2D eigenvalue weighted by atomic mass is 9.95. The molecule has 0 aromatic heterocycles. The second-order valence-electron chi connectivity index (χ2n) is 7.14. The van der Waals surface area contributed by atoms with E-state index in [2.05, 4.69) is 15.9 Å². The number of ketones is 1. The first-order valence-corrected chi connectivity index (χ1v) is 10.2. The van der Waals surface area contributed by atoms with Gasteiger partial charge in [-0.25, -0.2) is 4.39 Å². The molecule has 2 heterocycles. The van der Waals surface area contributed by atoms with Crippen molar-refractivity contribution in [2.45, 2.75) is 25.0 Å². The number of Topliss-reactive ketones (excluding diaryl/α,β-unsaturated/α-hetero) is 1. The van der Waals surface area contributed by atoms with Gasteiger partial charge in [0.05, 0.1) is 17.7 Å². The maximum atomic E-state index is 13.5. The summed E-state index contributed by atoms with van der Waals surface area (Å²) in [5, 5.41) is 10.9. The monoisotopic (exact) mass is 459 g/mol. The number of rotatable bonds is 4. The van der Waals surface area contributed by atoms with Crippen LogP contribution in [0.15, 0.2) is 58.6 Å². The SMILES string of the molecule is O=C1C(=O)N(C[C@@H]2CCCO2)[C@H](c2ccc(F)cc2)C1=C(O)c1ccc(Br)cc1. The zero-order valence-corrected chi connectivity index (χ0v) is 17.1. The average molecular weight is 460 g/mol. The van der Waals surface area contributed by atoms with Crippen molar-refractivity contribution in [3.8, 4) is 0 Å². The lowest BCUT2D eigenvalue weighted by Gasteiger charge is -2.27. The van der Waals surface area contributed by atoms with Crippen LogP contribution in [-0.4, -0.2) is 41.0 Å². The third kappa shape index (κ3) is 3.84. The van der Waals surface area contributed by atoms with Gasteiger partial charge in [-0.3, -0.25) is 9.59 Å². The molecule has 2 atom stereocenters. The summed E-state index contributed by atoms with van der Waals surface area (Å²) < 4.78 is 19.9. The molecule has 2 saturated heterocycles. The van der Waals surface area contributed by atoms with Crippen LogP contribution in [0.4, 0.5) is 4.39 Å². The Morgan fingerprint density at radius 3 is 2.45 bits per heavy atom. The van der Waals surface area contributed by atoms with Crippen LogP contribution >= 0.6 is 15.9 Å². The van der Waals surface area contributed by atoms with Gasteiger partial charge in [0.1, 0.15) is 11.6 Å². The Morgan fingerprint density at radius 1 is 1.14 bits per heavy atom. The van der Waals surface area contributed by atoms with Crippen molar-refractivity contribution in [2.75, 3.05) is 13.2 Å². The number of carbonyl (C=O) groups is 2. The molecule has 150 valence electrons. The molecule has 0 unspecified atom stereocenters. The van der Waals surface area contributed by atoms with Crippen LogP contribution in [0, 0.1) is 5.82 Å². The van der Waals surface area contributed by atoms with Crippen LogP contribution < -0.4 is 0 Å². The number of benzene rings is 2. The molecule has 2 aromatic carbocycles. The first-order chi connectivity index (χ1) is 14.0. The quantitative estimate of drug-likeness (QED) is 0.422. The molecular formula is C22H19BrFNO4. The minimum atomic E-state index is -0.802. The van der Waals surface area contributed by atoms with Gasteiger partial charge in [0.2, 0.25) is 0 Å². The fraction of sp³-hybridized carbons (Fsp3) is 0.273. The van der Waals surface area contributed by atoms with Crippen LogP contribution in [0.3, 0.4) is 0 Å². The van der Waals surface area contributed by atoms with Crippen LogP contribution in [0.1, 0.15) is 30.0 Å². The zero-order valence-electron chi connectivity index (χ0n) is 15.5. The number of aliphatic hydroxyl groups is 1. The number of halogens is 2. The average Bonchev–Trinajstić information content (AvgIpc) is 3.31. The first-order valence-electron chi connectivity index (χ1n) is 9.37. The number of hydrogen-bond donors (Lipinski definition) is 1. The highest BCUT2D eigenvalue weighted by Gasteiger charge is 2.47. The standard InChI is InChI=1S/C22H19BrFNO4/c23-15-7-3-14(4-8-15)20(26)18-19(13-5-9-16(24)10-6-13)25(22(28)21(18)27)12-17-2-1-11-29-17/h3-10,17,19,26H,1-2,11-12H2/t17-,19+/m0/s1. The Kier molecular flexibility index (Phi) is 5.52. The minimum Gasteiger partial charge on any atom is -0.507 e. The summed E-state index contributed by atoms with van der Waals surface area (Å²) in [6.07, 6.45) is 1.53. The Morgan fingerprint density at radius 2 is 1.83 bits per heavy atom. The maximum Gasteiger partial charge on any atom is 0.295 e. The molecule has 0 aliphatic carbocycles. The first kappa shape index (κ1) is 19.8. The van der Waals surface area contributed by atoms with E-state index in [-0.39, 0.29) is 24.0 Å². The molecule has 2 fully saturated rings. The summed E-state index contributed by atoms with van der Waals surface area (Å²) in [6.45, 7) is 0.860. The lowest BCUT2D eigenvalue weighted by Crippen LogP contribution is -2.36. The second-order valence-corrected chi connectivity index (χ2v) is 8.06. The van der Waals surface area contributed by atoms with Gasteiger partial charge < -0.3 is 14.7 Å². The number of nitrogens with zero attached hydrogens (tertiary/aromatic N) is 1. The Labute approximate surface area is 175 Å². The fourth-order valence-corrected chi connectivity index (χ4v) is 4.10. The molecule has 2 aromatic rings. The Hall–Kier alpha value is -2.51. The summed E-state index contributed by atoms with van der Waals surface area (Å²) in [5.41, 5.74) is 0.986. The third-order valence-corrected chi connectivity index (χ3v) is 5.80. The van der Waals surface area contributed by atoms with Gasteiger partial charge in [0.15, 0.2) is 0 Å². The van der Waals surface area contributed by atoms with Crippen molar-refractivity contribution in [1.82, 2.24) is 4.90 Å². The van der Waals surface area contributed by atoms with E-state index in [1.807, 2.05) is 0 Å². The van der Waals surface area contributed by atoms with Gasteiger partial charge in [-0.1, -0.05) is 40.2 Å². The highest BCUT2D eigenvalue weighted by atomic mass is 79.9. The van der Waals surface area contributed by atoms with Crippen molar-refractivity contribution in [3.05, 3.63) is 75.5 Å². The van der Waals surface area contributed by atoms with Crippen molar-refractivity contribution >= 4 is 33.4 Å². The van der Waals surface area contributed by atoms with Gasteiger partial charge in [-0.05, 0) is 42.7 Å². The predicted octanol–water partition coefficient (Wildman–Crippen LogP) is 4.19. The van der Waals surface area contributed by atoms with E-state index in [0.29, 0.717) is 17.7 Å². The molecule has 5 nitrogen and oxygen atoms in total. The Bertz CT molecular complexity index is 965. The number of carbonyl (C=O) groups excluding carboxylic acids is 2. The molecule has 29 heavy (non-hydrogen) atoms. The van der Waals surface area contributed by atoms with E-state index < -0.39 is 23.5 Å². The molecule has 1 amide bonds. The van der Waals surface area contributed by atoms with E-state index in [4.69, 9.17) is 4.74 Å². The van der Waals surface area contributed by atoms with E-state index in [9.17, 15) is 19.1 Å². The lowest BCUT2D eigenvalue weighted by molar-refractivity contribution is -0.140. The number of amides is 1. The zero-order chi connectivity index (χ0) is 20.5. The maximum absolute atomic E-state index is 13.5. The highest BCUT2D eigenvalue weighted by molar-refractivity contribution is 9.10. The Balaban J connectivity index is 1.81. The molecule has 0 radical (unpaired) electrons. The molecule has 0 spiro atoms. The molecule has 2 aliphatic heterocycles. The van der Waals surface area contributed by atoms with E-state index in [0.717, 1.165) is 17.3 Å². The van der Waals surface area contributed by atoms with E-state index in [1.165, 1.54) is 29.2 Å². The number of ether oxygens (including phenoxy) is 1. The van der Waals surface area contributed by atoms with Crippen LogP contribution in [0.5, 0.6) is 0 Å².